The first-order valence-corrected chi connectivity index (χ1v) is 8.80. The number of anilines is 1. The Labute approximate surface area is 130 Å². The highest BCUT2D eigenvalue weighted by Gasteiger charge is 2.12. The largest absolute Gasteiger partial charge is 0.481 e. The number of amides is 1. The molecule has 1 amide bonds. The molecule has 0 spiro atoms. The van der Waals surface area contributed by atoms with Crippen molar-refractivity contribution >= 4 is 38.2 Å². The quantitative estimate of drug-likeness (QED) is 0.851. The van der Waals surface area contributed by atoms with E-state index in [9.17, 15) is 18.0 Å². The molecule has 7 nitrogen and oxygen atoms in total. The van der Waals surface area contributed by atoms with Gasteiger partial charge in [0.25, 0.3) is 5.91 Å². The zero-order chi connectivity index (χ0) is 16.3. The molecule has 116 valence electrons. The number of hydrogen-bond acceptors (Lipinski definition) is 6. The number of rotatable bonds is 5. The number of hydrogen-bond donors (Lipinski definition) is 2. The Morgan fingerprint density at radius 2 is 1.91 bits per heavy atom. The van der Waals surface area contributed by atoms with Gasteiger partial charge in [-0.05, 0) is 24.3 Å². The molecule has 2 rings (SSSR count). The molecule has 1 aromatic carbocycles. The van der Waals surface area contributed by atoms with Gasteiger partial charge in [0.2, 0.25) is 0 Å². The third-order valence-corrected chi connectivity index (χ3v) is 4.58. The van der Waals surface area contributed by atoms with Gasteiger partial charge in [-0.1, -0.05) is 0 Å². The fourth-order valence-corrected chi connectivity index (χ4v) is 2.96. The molecule has 0 bridgehead atoms. The lowest BCUT2D eigenvalue weighted by Gasteiger charge is -2.03. The van der Waals surface area contributed by atoms with Crippen molar-refractivity contribution in [1.82, 2.24) is 4.98 Å². The number of nitrogens with one attached hydrogen (secondary N) is 1. The van der Waals surface area contributed by atoms with Gasteiger partial charge in [0, 0.05) is 17.2 Å². The van der Waals surface area contributed by atoms with E-state index in [-0.39, 0.29) is 22.0 Å². The van der Waals surface area contributed by atoms with Gasteiger partial charge in [0.05, 0.1) is 17.0 Å². The molecule has 22 heavy (non-hydrogen) atoms. The van der Waals surface area contributed by atoms with E-state index in [0.29, 0.717) is 5.69 Å². The molecular formula is C13H12N2O5S2. The Kier molecular flexibility index (Phi) is 4.57. The zero-order valence-corrected chi connectivity index (χ0v) is 13.1. The van der Waals surface area contributed by atoms with E-state index in [0.717, 1.165) is 17.6 Å². The van der Waals surface area contributed by atoms with Crippen molar-refractivity contribution in [3.63, 3.8) is 0 Å². The van der Waals surface area contributed by atoms with E-state index in [1.165, 1.54) is 24.3 Å². The number of carbonyl (C=O) groups excluding carboxylic acids is 1. The normalized spacial score (nSPS) is 11.1. The second-order valence-electron chi connectivity index (χ2n) is 4.47. The molecule has 1 aromatic heterocycles. The predicted octanol–water partition coefficient (Wildman–Crippen LogP) is 1.43. The Bertz CT molecular complexity index is 809. The summed E-state index contributed by atoms with van der Waals surface area (Å²) < 4.78 is 22.7. The standard InChI is InChI=1S/C13H12N2O5S2/c1-22(19,20)10-4-2-8(3-5-10)12(18)15-13-14-9(7-21-13)6-11(16)17/h2-5,7H,6H2,1H3,(H,16,17)(H,14,15,18). The molecule has 0 saturated carbocycles. The number of aromatic nitrogens is 1. The lowest BCUT2D eigenvalue weighted by atomic mass is 10.2. The second kappa shape index (κ2) is 6.24. The molecule has 0 aliphatic heterocycles. The van der Waals surface area contributed by atoms with Crippen molar-refractivity contribution in [2.75, 3.05) is 11.6 Å². The number of nitrogens with zero attached hydrogens (tertiary/aromatic N) is 1. The maximum Gasteiger partial charge on any atom is 0.309 e. The highest BCUT2D eigenvalue weighted by atomic mass is 32.2. The number of sulfone groups is 1. The zero-order valence-electron chi connectivity index (χ0n) is 11.4. The summed E-state index contributed by atoms with van der Waals surface area (Å²) in [6.45, 7) is 0. The van der Waals surface area contributed by atoms with Crippen LogP contribution in [0.1, 0.15) is 16.1 Å². The van der Waals surface area contributed by atoms with E-state index >= 15 is 0 Å². The van der Waals surface area contributed by atoms with Crippen LogP contribution in [0.25, 0.3) is 0 Å². The smallest absolute Gasteiger partial charge is 0.309 e. The Morgan fingerprint density at radius 3 is 2.45 bits per heavy atom. The van der Waals surface area contributed by atoms with Crippen molar-refractivity contribution in [1.29, 1.82) is 0 Å². The first-order valence-electron chi connectivity index (χ1n) is 6.03. The number of carboxylic acids is 1. The average molecular weight is 340 g/mol. The first kappa shape index (κ1) is 16.1. The number of aliphatic carboxylic acids is 1. The van der Waals surface area contributed by atoms with Crippen LogP contribution in [-0.2, 0) is 21.1 Å². The molecule has 0 atom stereocenters. The Hall–Kier alpha value is -2.26. The maximum absolute atomic E-state index is 12.0. The number of carboxylic acid groups (broad SMARTS) is 1. The van der Waals surface area contributed by atoms with Gasteiger partial charge in [0.1, 0.15) is 0 Å². The third-order valence-electron chi connectivity index (χ3n) is 2.65. The summed E-state index contributed by atoms with van der Waals surface area (Å²) >= 11 is 1.12. The summed E-state index contributed by atoms with van der Waals surface area (Å²) in [5.41, 5.74) is 0.641. The molecule has 0 fully saturated rings. The van der Waals surface area contributed by atoms with Crippen LogP contribution in [0.3, 0.4) is 0 Å². The maximum atomic E-state index is 12.0. The molecule has 0 aliphatic rings. The number of thiazole rings is 1. The molecule has 9 heteroatoms. The van der Waals surface area contributed by atoms with Gasteiger partial charge < -0.3 is 5.11 Å². The molecule has 1 heterocycles. The molecule has 0 saturated heterocycles. The highest BCUT2D eigenvalue weighted by Crippen LogP contribution is 2.17. The Morgan fingerprint density at radius 1 is 1.27 bits per heavy atom. The van der Waals surface area contributed by atoms with Crippen molar-refractivity contribution in [2.24, 2.45) is 0 Å². The monoisotopic (exact) mass is 340 g/mol. The van der Waals surface area contributed by atoms with E-state index < -0.39 is 21.7 Å². The van der Waals surface area contributed by atoms with Crippen LogP contribution in [-0.4, -0.2) is 36.6 Å². The number of benzene rings is 1. The highest BCUT2D eigenvalue weighted by molar-refractivity contribution is 7.90. The SMILES string of the molecule is CS(=O)(=O)c1ccc(C(=O)Nc2nc(CC(=O)O)cs2)cc1. The molecule has 0 radical (unpaired) electrons. The van der Waals surface area contributed by atoms with Gasteiger partial charge in [-0.15, -0.1) is 11.3 Å². The van der Waals surface area contributed by atoms with Crippen molar-refractivity contribution < 1.29 is 23.1 Å². The lowest BCUT2D eigenvalue weighted by molar-refractivity contribution is -0.136. The lowest BCUT2D eigenvalue weighted by Crippen LogP contribution is -2.12. The summed E-state index contributed by atoms with van der Waals surface area (Å²) in [5, 5.41) is 13.0. The van der Waals surface area contributed by atoms with Crippen LogP contribution in [0.5, 0.6) is 0 Å². The topological polar surface area (TPSA) is 113 Å². The summed E-state index contributed by atoms with van der Waals surface area (Å²) in [7, 11) is -3.31. The van der Waals surface area contributed by atoms with E-state index in [2.05, 4.69) is 10.3 Å². The summed E-state index contributed by atoms with van der Waals surface area (Å²) in [4.78, 5) is 26.7. The Balaban J connectivity index is 2.09. The summed E-state index contributed by atoms with van der Waals surface area (Å²) in [6, 6.07) is 5.50. The summed E-state index contributed by atoms with van der Waals surface area (Å²) in [5.74, 6) is -1.45. The van der Waals surface area contributed by atoms with Crippen molar-refractivity contribution in [3.8, 4) is 0 Å². The van der Waals surface area contributed by atoms with Crippen LogP contribution < -0.4 is 5.32 Å². The molecule has 0 unspecified atom stereocenters. The fourth-order valence-electron chi connectivity index (χ4n) is 1.62. The van der Waals surface area contributed by atoms with Crippen LogP contribution >= 0.6 is 11.3 Å². The summed E-state index contributed by atoms with van der Waals surface area (Å²) in [6.07, 6.45) is 0.872. The van der Waals surface area contributed by atoms with Crippen LogP contribution in [0.2, 0.25) is 0 Å². The van der Waals surface area contributed by atoms with Crippen molar-refractivity contribution in [2.45, 2.75) is 11.3 Å². The minimum atomic E-state index is -3.31. The third kappa shape index (κ3) is 4.12. The fraction of sp³-hybridized carbons (Fsp3) is 0.154. The second-order valence-corrected chi connectivity index (χ2v) is 7.34. The van der Waals surface area contributed by atoms with Crippen LogP contribution in [0, 0.1) is 0 Å². The van der Waals surface area contributed by atoms with Gasteiger partial charge in [-0.25, -0.2) is 13.4 Å². The molecular weight excluding hydrogens is 328 g/mol. The minimum absolute atomic E-state index is 0.127. The van der Waals surface area contributed by atoms with E-state index in [4.69, 9.17) is 5.11 Å². The van der Waals surface area contributed by atoms with E-state index in [1.807, 2.05) is 0 Å². The van der Waals surface area contributed by atoms with Gasteiger partial charge >= 0.3 is 5.97 Å². The number of carbonyl (C=O) groups is 2. The molecule has 0 aliphatic carbocycles. The van der Waals surface area contributed by atoms with E-state index in [1.54, 1.807) is 5.38 Å². The van der Waals surface area contributed by atoms with Gasteiger partial charge in [-0.2, -0.15) is 0 Å². The van der Waals surface area contributed by atoms with Crippen molar-refractivity contribution in [3.05, 3.63) is 40.9 Å². The first-order chi connectivity index (χ1) is 10.3. The molecule has 2 aromatic rings. The molecule has 2 N–H and O–H groups in total. The van der Waals surface area contributed by atoms with Gasteiger partial charge in [-0.3, -0.25) is 14.9 Å². The average Bonchev–Trinajstić information content (AvgIpc) is 2.84. The minimum Gasteiger partial charge on any atom is -0.481 e. The van der Waals surface area contributed by atoms with Gasteiger partial charge in [0.15, 0.2) is 15.0 Å². The van der Waals surface area contributed by atoms with Crippen LogP contribution in [0.4, 0.5) is 5.13 Å². The van der Waals surface area contributed by atoms with Crippen LogP contribution in [0.15, 0.2) is 34.5 Å². The predicted molar refractivity (Wildman–Crippen MR) is 81.0 cm³/mol.